The standard InChI is InChI=1S/C17H14N2OS2/c1-20-13-5-2-4-12(8-13)19-11-18-10-17-14(19)9-16(22-17)15-6-3-7-21-15/h2-10H,11H2,1H3. The Bertz CT molecular complexity index is 821. The molecule has 0 atom stereocenters. The summed E-state index contributed by atoms with van der Waals surface area (Å²) in [5.41, 5.74) is 2.32. The van der Waals surface area contributed by atoms with Gasteiger partial charge in [0.25, 0.3) is 0 Å². The van der Waals surface area contributed by atoms with Gasteiger partial charge in [0.1, 0.15) is 12.4 Å². The van der Waals surface area contributed by atoms with Crippen molar-refractivity contribution in [3.8, 4) is 15.5 Å². The van der Waals surface area contributed by atoms with E-state index in [4.69, 9.17) is 4.74 Å². The maximum absolute atomic E-state index is 5.34. The highest BCUT2D eigenvalue weighted by atomic mass is 32.1. The van der Waals surface area contributed by atoms with Crippen molar-refractivity contribution in [2.24, 2.45) is 4.99 Å². The number of fused-ring (bicyclic) bond motifs is 1. The van der Waals surface area contributed by atoms with E-state index >= 15 is 0 Å². The number of benzene rings is 1. The van der Waals surface area contributed by atoms with Crippen LogP contribution in [0, 0.1) is 0 Å². The maximum Gasteiger partial charge on any atom is 0.120 e. The van der Waals surface area contributed by atoms with Gasteiger partial charge in [0.15, 0.2) is 0 Å². The molecule has 0 bridgehead atoms. The van der Waals surface area contributed by atoms with Crippen LogP contribution in [0.25, 0.3) is 9.75 Å². The van der Waals surface area contributed by atoms with Crippen LogP contribution in [0.5, 0.6) is 5.75 Å². The Morgan fingerprint density at radius 1 is 1.14 bits per heavy atom. The molecule has 0 spiro atoms. The fourth-order valence-electron chi connectivity index (χ4n) is 2.52. The molecule has 1 aromatic carbocycles. The average molecular weight is 326 g/mol. The van der Waals surface area contributed by atoms with Crippen LogP contribution < -0.4 is 9.64 Å². The summed E-state index contributed by atoms with van der Waals surface area (Å²) in [6, 6.07) is 14.6. The monoisotopic (exact) mass is 326 g/mol. The van der Waals surface area contributed by atoms with E-state index in [9.17, 15) is 0 Å². The van der Waals surface area contributed by atoms with E-state index in [-0.39, 0.29) is 0 Å². The first-order valence-corrected chi connectivity index (χ1v) is 8.64. The fraction of sp³-hybridized carbons (Fsp3) is 0.118. The largest absolute Gasteiger partial charge is 0.497 e. The minimum absolute atomic E-state index is 0.640. The van der Waals surface area contributed by atoms with Crippen LogP contribution in [0.2, 0.25) is 0 Å². The average Bonchev–Trinajstić information content (AvgIpc) is 3.23. The van der Waals surface area contributed by atoms with Crippen molar-refractivity contribution in [2.75, 3.05) is 18.7 Å². The first-order chi connectivity index (χ1) is 10.8. The second kappa shape index (κ2) is 5.59. The zero-order valence-corrected chi connectivity index (χ0v) is 13.7. The molecule has 0 unspecified atom stereocenters. The zero-order chi connectivity index (χ0) is 14.9. The molecule has 22 heavy (non-hydrogen) atoms. The van der Waals surface area contributed by atoms with Crippen LogP contribution in [-0.2, 0) is 0 Å². The third kappa shape index (κ3) is 2.32. The van der Waals surface area contributed by atoms with Crippen molar-refractivity contribution in [1.29, 1.82) is 0 Å². The van der Waals surface area contributed by atoms with Gasteiger partial charge in [0.05, 0.1) is 17.7 Å². The van der Waals surface area contributed by atoms with Gasteiger partial charge in [-0.2, -0.15) is 0 Å². The number of hydrogen-bond acceptors (Lipinski definition) is 5. The van der Waals surface area contributed by atoms with Crippen LogP contribution in [0.15, 0.2) is 52.8 Å². The molecule has 1 aliphatic rings. The second-order valence-electron chi connectivity index (χ2n) is 4.92. The summed E-state index contributed by atoms with van der Waals surface area (Å²) in [6.07, 6.45) is 1.98. The van der Waals surface area contributed by atoms with Gasteiger partial charge < -0.3 is 9.64 Å². The topological polar surface area (TPSA) is 24.8 Å². The SMILES string of the molecule is COc1cccc(N2CN=Cc3sc(-c4cccs4)cc32)c1. The maximum atomic E-state index is 5.34. The van der Waals surface area contributed by atoms with E-state index in [1.807, 2.05) is 24.4 Å². The van der Waals surface area contributed by atoms with Gasteiger partial charge in [-0.05, 0) is 29.6 Å². The summed E-state index contributed by atoms with van der Waals surface area (Å²) in [7, 11) is 1.69. The molecule has 0 N–H and O–H groups in total. The number of aliphatic imine (C=N–C) groups is 1. The van der Waals surface area contributed by atoms with Gasteiger partial charge in [-0.3, -0.25) is 4.99 Å². The van der Waals surface area contributed by atoms with Gasteiger partial charge in [0, 0.05) is 27.7 Å². The molecule has 3 aromatic rings. The lowest BCUT2D eigenvalue weighted by molar-refractivity contribution is 0.415. The summed E-state index contributed by atoms with van der Waals surface area (Å²) >= 11 is 3.56. The molecule has 0 saturated heterocycles. The normalized spacial score (nSPS) is 13.2. The van der Waals surface area contributed by atoms with Gasteiger partial charge in [0.2, 0.25) is 0 Å². The third-order valence-corrected chi connectivity index (χ3v) is 5.72. The lowest BCUT2D eigenvalue weighted by Gasteiger charge is -2.25. The molecule has 1 aliphatic heterocycles. The summed E-state index contributed by atoms with van der Waals surface area (Å²) in [5, 5.41) is 2.11. The smallest absolute Gasteiger partial charge is 0.120 e. The Balaban J connectivity index is 1.77. The number of hydrogen-bond donors (Lipinski definition) is 0. The van der Waals surface area contributed by atoms with Gasteiger partial charge >= 0.3 is 0 Å². The second-order valence-corrected chi connectivity index (χ2v) is 6.95. The van der Waals surface area contributed by atoms with Gasteiger partial charge in [-0.25, -0.2) is 0 Å². The predicted molar refractivity (Wildman–Crippen MR) is 95.2 cm³/mol. The number of rotatable bonds is 3. The Kier molecular flexibility index (Phi) is 3.44. The van der Waals surface area contributed by atoms with Gasteiger partial charge in [-0.1, -0.05) is 12.1 Å². The highest BCUT2D eigenvalue weighted by Gasteiger charge is 2.20. The Morgan fingerprint density at radius 2 is 2.09 bits per heavy atom. The van der Waals surface area contributed by atoms with Gasteiger partial charge in [-0.15, -0.1) is 22.7 Å². The van der Waals surface area contributed by atoms with E-state index in [0.717, 1.165) is 11.4 Å². The van der Waals surface area contributed by atoms with Crippen molar-refractivity contribution >= 4 is 40.3 Å². The molecule has 110 valence electrons. The van der Waals surface area contributed by atoms with Crippen LogP contribution in [-0.4, -0.2) is 20.0 Å². The Hall–Kier alpha value is -2.11. The summed E-state index contributed by atoms with van der Waals surface area (Å²) < 4.78 is 5.34. The van der Waals surface area contributed by atoms with Crippen molar-refractivity contribution in [2.45, 2.75) is 0 Å². The summed E-state index contributed by atoms with van der Waals surface area (Å²) in [6.45, 7) is 0.640. The number of ether oxygens (including phenoxy) is 1. The molecule has 0 fully saturated rings. The fourth-order valence-corrected chi connectivity index (χ4v) is 4.40. The minimum Gasteiger partial charge on any atom is -0.497 e. The molecule has 2 aromatic heterocycles. The Labute approximate surface area is 137 Å². The van der Waals surface area contributed by atoms with Crippen LogP contribution in [0.3, 0.4) is 0 Å². The lowest BCUT2D eigenvalue weighted by Crippen LogP contribution is -2.20. The van der Waals surface area contributed by atoms with E-state index in [1.165, 1.54) is 20.3 Å². The molecule has 0 radical (unpaired) electrons. The minimum atomic E-state index is 0.640. The number of thiophene rings is 2. The van der Waals surface area contributed by atoms with Crippen molar-refractivity contribution in [3.63, 3.8) is 0 Å². The van der Waals surface area contributed by atoms with Crippen LogP contribution in [0.4, 0.5) is 11.4 Å². The Morgan fingerprint density at radius 3 is 2.91 bits per heavy atom. The van der Waals surface area contributed by atoms with E-state index < -0.39 is 0 Å². The van der Waals surface area contributed by atoms with Crippen molar-refractivity contribution in [3.05, 3.63) is 52.7 Å². The van der Waals surface area contributed by atoms with Crippen molar-refractivity contribution in [1.82, 2.24) is 0 Å². The first-order valence-electron chi connectivity index (χ1n) is 6.94. The zero-order valence-electron chi connectivity index (χ0n) is 12.0. The molecular weight excluding hydrogens is 312 g/mol. The molecule has 0 saturated carbocycles. The lowest BCUT2D eigenvalue weighted by atomic mass is 10.2. The molecule has 4 rings (SSSR count). The van der Waals surface area contributed by atoms with Crippen molar-refractivity contribution < 1.29 is 4.74 Å². The van der Waals surface area contributed by atoms with E-state index in [2.05, 4.69) is 39.5 Å². The third-order valence-electron chi connectivity index (χ3n) is 3.59. The van der Waals surface area contributed by atoms with Crippen LogP contribution in [0.1, 0.15) is 4.88 Å². The highest BCUT2D eigenvalue weighted by Crippen LogP contribution is 2.41. The highest BCUT2D eigenvalue weighted by molar-refractivity contribution is 7.22. The molecule has 3 nitrogen and oxygen atoms in total. The summed E-state index contributed by atoms with van der Waals surface area (Å²) in [4.78, 5) is 10.5. The van der Waals surface area contributed by atoms with E-state index in [0.29, 0.717) is 6.67 Å². The quantitative estimate of drug-likeness (QED) is 0.675. The number of nitrogens with zero attached hydrogens (tertiary/aromatic N) is 2. The first kappa shape index (κ1) is 13.5. The van der Waals surface area contributed by atoms with Crippen LogP contribution >= 0.6 is 22.7 Å². The summed E-state index contributed by atoms with van der Waals surface area (Å²) in [5.74, 6) is 0.863. The number of anilines is 2. The molecular formula is C17H14N2OS2. The molecule has 0 aliphatic carbocycles. The van der Waals surface area contributed by atoms with E-state index in [1.54, 1.807) is 29.8 Å². The molecule has 5 heteroatoms. The molecule has 0 amide bonds. The predicted octanol–water partition coefficient (Wildman–Crippen LogP) is 5.01. The molecule has 3 heterocycles. The number of methoxy groups -OCH3 is 1.